The van der Waals surface area contributed by atoms with Crippen molar-refractivity contribution in [3.8, 4) is 0 Å². The lowest BCUT2D eigenvalue weighted by molar-refractivity contribution is -0.145. The van der Waals surface area contributed by atoms with Crippen LogP contribution in [0.25, 0.3) is 0 Å². The maximum Gasteiger partial charge on any atom is 0.310 e. The monoisotopic (exact) mass is 250 g/mol. The van der Waals surface area contributed by atoms with Gasteiger partial charge in [-0.3, -0.25) is 4.79 Å². The number of fused-ring (bicyclic) bond motifs is 1. The molecule has 2 aliphatic rings. The van der Waals surface area contributed by atoms with Crippen molar-refractivity contribution >= 4 is 5.97 Å². The molecule has 3 atom stereocenters. The summed E-state index contributed by atoms with van der Waals surface area (Å²) in [5.74, 6) is -0.00203. The summed E-state index contributed by atoms with van der Waals surface area (Å²) in [6.45, 7) is 0. The Kier molecular flexibility index (Phi) is 2.10. The van der Waals surface area contributed by atoms with E-state index >= 15 is 0 Å². The minimum Gasteiger partial charge on any atom is -0.456 e. The number of benzene rings is 2. The molecule has 0 amide bonds. The van der Waals surface area contributed by atoms with Crippen LogP contribution >= 0.6 is 0 Å². The summed E-state index contributed by atoms with van der Waals surface area (Å²) in [4.78, 5) is 12.0. The lowest BCUT2D eigenvalue weighted by Gasteiger charge is -2.22. The summed E-state index contributed by atoms with van der Waals surface area (Å²) in [6, 6.07) is 20.4. The van der Waals surface area contributed by atoms with Crippen molar-refractivity contribution in [3.05, 3.63) is 71.8 Å². The fraction of sp³-hybridized carbons (Fsp3) is 0.235. The Morgan fingerprint density at radius 1 is 0.947 bits per heavy atom. The van der Waals surface area contributed by atoms with Crippen LogP contribution < -0.4 is 0 Å². The highest BCUT2D eigenvalue weighted by molar-refractivity contribution is 5.83. The smallest absolute Gasteiger partial charge is 0.310 e. The average molecular weight is 250 g/mol. The molecule has 0 spiro atoms. The number of hydrogen-bond donors (Lipinski definition) is 0. The van der Waals surface area contributed by atoms with Crippen molar-refractivity contribution in [1.29, 1.82) is 0 Å². The number of rotatable bonds is 2. The second kappa shape index (κ2) is 3.70. The molecule has 1 aliphatic carbocycles. The quantitative estimate of drug-likeness (QED) is 0.765. The molecule has 4 rings (SSSR count). The van der Waals surface area contributed by atoms with Crippen LogP contribution in [-0.4, -0.2) is 5.97 Å². The minimum absolute atomic E-state index is 0.0418. The molecule has 2 aromatic carbocycles. The van der Waals surface area contributed by atoms with Crippen LogP contribution in [0.15, 0.2) is 60.7 Å². The first-order valence-corrected chi connectivity index (χ1v) is 6.63. The summed E-state index contributed by atoms with van der Waals surface area (Å²) >= 11 is 0. The van der Waals surface area contributed by atoms with E-state index < -0.39 is 0 Å². The molecule has 1 saturated carbocycles. The Bertz CT molecular complexity index is 620. The second-order valence-corrected chi connectivity index (χ2v) is 5.39. The summed E-state index contributed by atoms with van der Waals surface area (Å²) in [6.07, 6.45) is 0.781. The molecule has 94 valence electrons. The van der Waals surface area contributed by atoms with E-state index in [0.29, 0.717) is 0 Å². The molecule has 19 heavy (non-hydrogen) atoms. The topological polar surface area (TPSA) is 26.3 Å². The van der Waals surface area contributed by atoms with E-state index in [2.05, 4.69) is 12.1 Å². The molecule has 0 radical (unpaired) electrons. The maximum absolute atomic E-state index is 12.0. The number of hydrogen-bond acceptors (Lipinski definition) is 2. The Balaban J connectivity index is 1.82. The number of carbonyl (C=O) groups is 1. The number of ether oxygens (including phenoxy) is 1. The molecule has 2 aromatic rings. The third-order valence-electron chi connectivity index (χ3n) is 4.40. The van der Waals surface area contributed by atoms with Crippen LogP contribution in [0.2, 0.25) is 0 Å². The van der Waals surface area contributed by atoms with Crippen molar-refractivity contribution in [1.82, 2.24) is 0 Å². The highest BCUT2D eigenvalue weighted by atomic mass is 16.6. The Morgan fingerprint density at radius 3 is 2.21 bits per heavy atom. The van der Waals surface area contributed by atoms with Crippen LogP contribution in [0, 0.1) is 5.92 Å². The molecule has 1 saturated heterocycles. The first kappa shape index (κ1) is 10.8. The van der Waals surface area contributed by atoms with Gasteiger partial charge in [0.2, 0.25) is 0 Å². The first-order valence-electron chi connectivity index (χ1n) is 6.63. The van der Waals surface area contributed by atoms with Gasteiger partial charge in [-0.05, 0) is 17.5 Å². The van der Waals surface area contributed by atoms with Crippen molar-refractivity contribution in [2.75, 3.05) is 0 Å². The molecule has 3 unspecified atom stereocenters. The molecule has 2 nitrogen and oxygen atoms in total. The zero-order valence-corrected chi connectivity index (χ0v) is 10.5. The predicted octanol–water partition coefficient (Wildman–Crippen LogP) is 3.24. The molecule has 2 heteroatoms. The molecule has 0 N–H and O–H groups in total. The van der Waals surface area contributed by atoms with E-state index in [0.717, 1.165) is 12.0 Å². The highest BCUT2D eigenvalue weighted by Crippen LogP contribution is 2.67. The maximum atomic E-state index is 12.0. The zero-order valence-electron chi connectivity index (χ0n) is 10.5. The number of esters is 1. The van der Waals surface area contributed by atoms with Gasteiger partial charge >= 0.3 is 5.97 Å². The predicted molar refractivity (Wildman–Crippen MR) is 71.5 cm³/mol. The van der Waals surface area contributed by atoms with Gasteiger partial charge in [0.05, 0.1) is 11.3 Å². The van der Waals surface area contributed by atoms with E-state index in [-0.39, 0.29) is 23.4 Å². The Hall–Kier alpha value is -2.09. The zero-order chi connectivity index (χ0) is 12.9. The van der Waals surface area contributed by atoms with Gasteiger partial charge in [-0.2, -0.15) is 0 Å². The summed E-state index contributed by atoms with van der Waals surface area (Å²) < 4.78 is 5.63. The number of cyclic esters (lactones) is 1. The summed E-state index contributed by atoms with van der Waals surface area (Å²) in [7, 11) is 0. The van der Waals surface area contributed by atoms with Crippen LogP contribution in [-0.2, 0) is 14.9 Å². The van der Waals surface area contributed by atoms with Gasteiger partial charge in [-0.15, -0.1) is 0 Å². The Labute approximate surface area is 112 Å². The van der Waals surface area contributed by atoms with Crippen molar-refractivity contribution in [2.24, 2.45) is 5.92 Å². The van der Waals surface area contributed by atoms with Crippen molar-refractivity contribution in [2.45, 2.75) is 17.9 Å². The van der Waals surface area contributed by atoms with Crippen LogP contribution in [0.5, 0.6) is 0 Å². The van der Waals surface area contributed by atoms with Gasteiger partial charge in [-0.1, -0.05) is 60.7 Å². The minimum atomic E-state index is -0.131. The highest BCUT2D eigenvalue weighted by Gasteiger charge is 2.70. The number of carbonyl (C=O) groups excluding carboxylic acids is 1. The van der Waals surface area contributed by atoms with Crippen LogP contribution in [0.4, 0.5) is 0 Å². The standard InChI is InChI=1S/C17H14O2/c18-16-14-11-17(14,13-9-5-2-6-10-13)15(19-16)12-7-3-1-4-8-12/h1-10,14-15H,11H2. The van der Waals surface area contributed by atoms with Crippen molar-refractivity contribution in [3.63, 3.8) is 0 Å². The molecular weight excluding hydrogens is 236 g/mol. The van der Waals surface area contributed by atoms with E-state index in [1.807, 2.05) is 48.5 Å². The van der Waals surface area contributed by atoms with Gasteiger partial charge in [-0.25, -0.2) is 0 Å². The SMILES string of the molecule is O=C1OC(c2ccccc2)C2(c3ccccc3)CC12. The molecule has 0 aromatic heterocycles. The van der Waals surface area contributed by atoms with E-state index in [1.165, 1.54) is 5.56 Å². The third-order valence-corrected chi connectivity index (χ3v) is 4.40. The fourth-order valence-electron chi connectivity index (χ4n) is 3.38. The molecule has 0 bridgehead atoms. The fourth-order valence-corrected chi connectivity index (χ4v) is 3.38. The Morgan fingerprint density at radius 2 is 1.58 bits per heavy atom. The lowest BCUT2D eigenvalue weighted by atomic mass is 9.85. The van der Waals surface area contributed by atoms with Gasteiger partial charge in [0.15, 0.2) is 0 Å². The second-order valence-electron chi connectivity index (χ2n) is 5.39. The largest absolute Gasteiger partial charge is 0.456 e. The van der Waals surface area contributed by atoms with Crippen molar-refractivity contribution < 1.29 is 9.53 Å². The summed E-state index contributed by atoms with van der Waals surface area (Å²) in [5.41, 5.74) is 2.19. The summed E-state index contributed by atoms with van der Waals surface area (Å²) in [5, 5.41) is 0. The van der Waals surface area contributed by atoms with Gasteiger partial charge in [0, 0.05) is 0 Å². The van der Waals surface area contributed by atoms with Crippen LogP contribution in [0.1, 0.15) is 23.7 Å². The van der Waals surface area contributed by atoms with Gasteiger partial charge in [0.1, 0.15) is 6.10 Å². The van der Waals surface area contributed by atoms with E-state index in [1.54, 1.807) is 0 Å². The molecule has 1 aliphatic heterocycles. The van der Waals surface area contributed by atoms with E-state index in [4.69, 9.17) is 4.74 Å². The molecule has 2 fully saturated rings. The van der Waals surface area contributed by atoms with Gasteiger partial charge in [0.25, 0.3) is 0 Å². The molecular formula is C17H14O2. The van der Waals surface area contributed by atoms with E-state index in [9.17, 15) is 4.79 Å². The molecule has 1 heterocycles. The normalized spacial score (nSPS) is 31.7. The lowest BCUT2D eigenvalue weighted by Crippen LogP contribution is -2.17. The average Bonchev–Trinajstić information content (AvgIpc) is 3.17. The van der Waals surface area contributed by atoms with Crippen LogP contribution in [0.3, 0.4) is 0 Å². The van der Waals surface area contributed by atoms with Gasteiger partial charge < -0.3 is 4.74 Å². The third kappa shape index (κ3) is 1.40. The first-order chi connectivity index (χ1) is 9.32.